The number of nitrogens with zero attached hydrogens (tertiary/aromatic N) is 1. The Balaban J connectivity index is 1.86. The molecule has 0 saturated carbocycles. The quantitative estimate of drug-likeness (QED) is 0.496. The highest BCUT2D eigenvalue weighted by Gasteiger charge is 2.34. The first-order valence-corrected chi connectivity index (χ1v) is 9.97. The molecule has 0 saturated heterocycles. The maximum atomic E-state index is 13.5. The molecular weight excluding hydrogens is 486 g/mol. The normalized spacial score (nSPS) is 15.5. The number of hydrogen-bond acceptors (Lipinski definition) is 4. The fourth-order valence-corrected chi connectivity index (χ4v) is 3.89. The number of fused-ring (bicyclic) bond motifs is 1. The molecule has 0 aliphatic carbocycles. The first-order valence-electron chi connectivity index (χ1n) is 8.89. The third-order valence-electron chi connectivity index (χ3n) is 4.81. The second-order valence-electron chi connectivity index (χ2n) is 6.50. The van der Waals surface area contributed by atoms with Crippen LogP contribution in [0.3, 0.4) is 0 Å². The molecule has 3 aromatic carbocycles. The molecule has 4 rings (SSSR count). The van der Waals surface area contributed by atoms with E-state index in [-0.39, 0.29) is 11.7 Å². The summed E-state index contributed by atoms with van der Waals surface area (Å²) in [5, 5.41) is 3.43. The molecule has 29 heavy (non-hydrogen) atoms. The van der Waals surface area contributed by atoms with Gasteiger partial charge in [0.2, 0.25) is 0 Å². The Kier molecular flexibility index (Phi) is 5.31. The lowest BCUT2D eigenvalue weighted by Crippen LogP contribution is -2.43. The van der Waals surface area contributed by atoms with Crippen molar-refractivity contribution in [3.63, 3.8) is 0 Å². The highest BCUT2D eigenvalue weighted by molar-refractivity contribution is 14.1. The van der Waals surface area contributed by atoms with Crippen LogP contribution >= 0.6 is 22.6 Å². The summed E-state index contributed by atoms with van der Waals surface area (Å²) in [6.07, 6.45) is -0.500. The molecule has 0 bridgehead atoms. The number of carbonyl (C=O) groups excluding carboxylic acids is 1. The van der Waals surface area contributed by atoms with Gasteiger partial charge in [0.15, 0.2) is 11.5 Å². The molecule has 0 spiro atoms. The van der Waals surface area contributed by atoms with Gasteiger partial charge in [0.25, 0.3) is 5.91 Å². The van der Waals surface area contributed by atoms with E-state index in [0.717, 1.165) is 14.8 Å². The molecule has 1 heterocycles. The van der Waals surface area contributed by atoms with E-state index in [1.54, 1.807) is 37.3 Å². The fraction of sp³-hybridized carbons (Fsp3) is 0.136. The van der Waals surface area contributed by atoms with Crippen LogP contribution in [0.1, 0.15) is 22.1 Å². The molecular formula is C22H18FIN2O3. The van der Waals surface area contributed by atoms with Crippen LogP contribution in [0.2, 0.25) is 0 Å². The second-order valence-corrected chi connectivity index (χ2v) is 7.75. The highest BCUT2D eigenvalue weighted by atomic mass is 127. The van der Waals surface area contributed by atoms with Crippen LogP contribution in [0.4, 0.5) is 15.8 Å². The van der Waals surface area contributed by atoms with E-state index < -0.39 is 6.17 Å². The minimum Gasteiger partial charge on any atom is -0.493 e. The molecule has 0 radical (unpaired) electrons. The number of benzene rings is 3. The van der Waals surface area contributed by atoms with Gasteiger partial charge in [-0.1, -0.05) is 6.07 Å². The average Bonchev–Trinajstić information content (AvgIpc) is 2.74. The average molecular weight is 504 g/mol. The van der Waals surface area contributed by atoms with Crippen LogP contribution in [-0.2, 0) is 0 Å². The molecule has 1 atom stereocenters. The number of amides is 1. The topological polar surface area (TPSA) is 50.8 Å². The van der Waals surface area contributed by atoms with Gasteiger partial charge in [-0.15, -0.1) is 0 Å². The van der Waals surface area contributed by atoms with Crippen molar-refractivity contribution in [3.05, 3.63) is 81.2 Å². The first kappa shape index (κ1) is 19.5. The minimum absolute atomic E-state index is 0.163. The largest absolute Gasteiger partial charge is 0.493 e. The van der Waals surface area contributed by atoms with E-state index in [2.05, 4.69) is 27.9 Å². The summed E-state index contributed by atoms with van der Waals surface area (Å²) < 4.78 is 25.2. The maximum absolute atomic E-state index is 13.5. The van der Waals surface area contributed by atoms with Crippen LogP contribution in [0.5, 0.6) is 11.5 Å². The summed E-state index contributed by atoms with van der Waals surface area (Å²) in [6, 6.07) is 17.1. The van der Waals surface area contributed by atoms with Crippen LogP contribution in [-0.4, -0.2) is 20.1 Å². The lowest BCUT2D eigenvalue weighted by Gasteiger charge is -2.38. The predicted molar refractivity (Wildman–Crippen MR) is 118 cm³/mol. The molecule has 0 aromatic heterocycles. The van der Waals surface area contributed by atoms with E-state index >= 15 is 0 Å². The minimum atomic E-state index is -0.500. The van der Waals surface area contributed by atoms with Gasteiger partial charge in [-0.25, -0.2) is 4.39 Å². The van der Waals surface area contributed by atoms with Crippen LogP contribution in [0, 0.1) is 9.39 Å². The van der Waals surface area contributed by atoms with Gasteiger partial charge in [-0.2, -0.15) is 0 Å². The van der Waals surface area contributed by atoms with Crippen molar-refractivity contribution in [2.24, 2.45) is 0 Å². The fourth-order valence-electron chi connectivity index (χ4n) is 3.40. The van der Waals surface area contributed by atoms with Crippen LogP contribution in [0.25, 0.3) is 0 Å². The summed E-state index contributed by atoms with van der Waals surface area (Å²) in [7, 11) is 3.14. The third-order valence-corrected chi connectivity index (χ3v) is 5.48. The monoisotopic (exact) mass is 504 g/mol. The number of methoxy groups -OCH3 is 2. The summed E-state index contributed by atoms with van der Waals surface area (Å²) in [4.78, 5) is 15.1. The number of nitrogens with one attached hydrogen (secondary N) is 1. The molecule has 3 aromatic rings. The number of carbonyl (C=O) groups is 1. The maximum Gasteiger partial charge on any atom is 0.262 e. The van der Waals surface area contributed by atoms with Gasteiger partial charge in [0, 0.05) is 14.9 Å². The molecule has 1 aliphatic heterocycles. The van der Waals surface area contributed by atoms with Gasteiger partial charge in [0.05, 0.1) is 19.8 Å². The molecule has 1 amide bonds. The number of rotatable bonds is 4. The highest BCUT2D eigenvalue weighted by Crippen LogP contribution is 2.39. The second kappa shape index (κ2) is 7.90. The van der Waals surface area contributed by atoms with Crippen molar-refractivity contribution in [2.45, 2.75) is 6.17 Å². The smallest absolute Gasteiger partial charge is 0.262 e. The van der Waals surface area contributed by atoms with Crippen LogP contribution < -0.4 is 19.7 Å². The van der Waals surface area contributed by atoms with E-state index in [1.165, 1.54) is 12.1 Å². The lowest BCUT2D eigenvalue weighted by atomic mass is 10.0. The Hall–Kier alpha value is -2.81. The van der Waals surface area contributed by atoms with Gasteiger partial charge in [-0.3, -0.25) is 9.69 Å². The zero-order valence-corrected chi connectivity index (χ0v) is 17.9. The van der Waals surface area contributed by atoms with E-state index in [1.807, 2.05) is 30.3 Å². The SMILES string of the molecule is COc1ccc([C@H]2Nc3ccc(I)cc3C(=O)N2c2ccc(F)cc2)cc1OC. The lowest BCUT2D eigenvalue weighted by molar-refractivity contribution is 0.0974. The first-order chi connectivity index (χ1) is 14.0. The van der Waals surface area contributed by atoms with Crippen molar-refractivity contribution < 1.29 is 18.7 Å². The summed E-state index contributed by atoms with van der Waals surface area (Å²) in [6.45, 7) is 0. The van der Waals surface area contributed by atoms with E-state index in [4.69, 9.17) is 9.47 Å². The molecule has 0 unspecified atom stereocenters. The Morgan fingerprint density at radius 3 is 2.38 bits per heavy atom. The zero-order valence-electron chi connectivity index (χ0n) is 15.8. The number of ether oxygens (including phenoxy) is 2. The summed E-state index contributed by atoms with van der Waals surface area (Å²) in [5.74, 6) is 0.640. The van der Waals surface area contributed by atoms with E-state index in [0.29, 0.717) is 22.7 Å². The van der Waals surface area contributed by atoms with Crippen molar-refractivity contribution in [2.75, 3.05) is 24.4 Å². The van der Waals surface area contributed by atoms with Crippen LogP contribution in [0.15, 0.2) is 60.7 Å². The predicted octanol–water partition coefficient (Wildman–Crippen LogP) is 5.22. The Morgan fingerprint density at radius 2 is 1.69 bits per heavy atom. The Labute approximate surface area is 181 Å². The molecule has 1 N–H and O–H groups in total. The van der Waals surface area contributed by atoms with Crippen molar-refractivity contribution in [3.8, 4) is 11.5 Å². The van der Waals surface area contributed by atoms with Gasteiger partial charge in [-0.05, 0) is 82.8 Å². The zero-order chi connectivity index (χ0) is 20.5. The summed E-state index contributed by atoms with van der Waals surface area (Å²) in [5.41, 5.74) is 2.71. The molecule has 148 valence electrons. The van der Waals surface area contributed by atoms with E-state index in [9.17, 15) is 9.18 Å². The summed E-state index contributed by atoms with van der Waals surface area (Å²) >= 11 is 2.18. The van der Waals surface area contributed by atoms with Gasteiger partial charge in [0.1, 0.15) is 12.0 Å². The number of anilines is 2. The molecule has 7 heteroatoms. The Bertz CT molecular complexity index is 1070. The molecule has 1 aliphatic rings. The van der Waals surface area contributed by atoms with Gasteiger partial charge < -0.3 is 14.8 Å². The number of hydrogen-bond donors (Lipinski definition) is 1. The third kappa shape index (κ3) is 3.62. The van der Waals surface area contributed by atoms with Gasteiger partial charge >= 0.3 is 0 Å². The Morgan fingerprint density at radius 1 is 0.966 bits per heavy atom. The van der Waals surface area contributed by atoms with Crippen molar-refractivity contribution in [1.29, 1.82) is 0 Å². The molecule has 0 fully saturated rings. The molecule has 5 nitrogen and oxygen atoms in total. The number of halogens is 2. The van der Waals surface area contributed by atoms with Crippen molar-refractivity contribution >= 4 is 39.9 Å². The van der Waals surface area contributed by atoms with Crippen molar-refractivity contribution in [1.82, 2.24) is 0 Å². The standard InChI is InChI=1S/C22H18FIN2O3/c1-28-19-10-3-13(11-20(19)29-2)21-25-18-9-6-15(24)12-17(18)22(27)26(21)16-7-4-14(23)5-8-16/h3-12,21,25H,1-2H3/t21-/m0/s1.